The first-order valence-electron chi connectivity index (χ1n) is 6.04. The van der Waals surface area contributed by atoms with Gasteiger partial charge in [0.05, 0.1) is 12.5 Å². The van der Waals surface area contributed by atoms with Crippen LogP contribution < -0.4 is 10.3 Å². The number of alkyl halides is 2. The van der Waals surface area contributed by atoms with Gasteiger partial charge in [0, 0.05) is 10.9 Å². The molecule has 2 heterocycles. The number of benzene rings is 1. The van der Waals surface area contributed by atoms with Crippen molar-refractivity contribution in [2.75, 3.05) is 7.11 Å². The Morgan fingerprint density at radius 3 is 2.62 bits per heavy atom. The van der Waals surface area contributed by atoms with Crippen molar-refractivity contribution >= 4 is 44.8 Å². The van der Waals surface area contributed by atoms with Crippen molar-refractivity contribution < 1.29 is 4.74 Å². The van der Waals surface area contributed by atoms with Crippen LogP contribution in [0, 0.1) is 0 Å². The summed E-state index contributed by atoms with van der Waals surface area (Å²) in [4.78, 5) is 18.9. The molecular weight excluding hydrogens is 331 g/mol. The zero-order valence-corrected chi connectivity index (χ0v) is 13.2. The number of methoxy groups -OCH3 is 1. The lowest BCUT2D eigenvalue weighted by Gasteiger charge is -2.03. The van der Waals surface area contributed by atoms with E-state index >= 15 is 0 Å². The van der Waals surface area contributed by atoms with E-state index < -0.39 is 4.84 Å². The van der Waals surface area contributed by atoms with Crippen molar-refractivity contribution in [3.63, 3.8) is 0 Å². The molecule has 0 amide bonds. The summed E-state index contributed by atoms with van der Waals surface area (Å²) in [6.45, 7) is 0. The minimum absolute atomic E-state index is 0.242. The Morgan fingerprint density at radius 1 is 1.29 bits per heavy atom. The van der Waals surface area contributed by atoms with Gasteiger partial charge in [-0.05, 0) is 17.7 Å². The van der Waals surface area contributed by atoms with E-state index in [-0.39, 0.29) is 11.4 Å². The second-order valence-corrected chi connectivity index (χ2v) is 6.26. The number of H-pyrrole nitrogens is 1. The summed E-state index contributed by atoms with van der Waals surface area (Å²) < 4.78 is 5.13. The summed E-state index contributed by atoms with van der Waals surface area (Å²) >= 11 is 12.9. The van der Waals surface area contributed by atoms with E-state index in [1.165, 1.54) is 11.3 Å². The molecule has 1 N–H and O–H groups in total. The Hall–Kier alpha value is -1.56. The summed E-state index contributed by atoms with van der Waals surface area (Å²) in [7, 11) is 1.61. The van der Waals surface area contributed by atoms with Gasteiger partial charge in [-0.15, -0.1) is 11.3 Å². The van der Waals surface area contributed by atoms with E-state index in [0.717, 1.165) is 16.9 Å². The molecule has 0 aliphatic heterocycles. The first-order valence-corrected chi connectivity index (χ1v) is 7.79. The molecule has 0 fully saturated rings. The summed E-state index contributed by atoms with van der Waals surface area (Å²) in [6, 6.07) is 7.50. The molecule has 0 aliphatic carbocycles. The van der Waals surface area contributed by atoms with Gasteiger partial charge in [0.15, 0.2) is 4.84 Å². The Kier molecular flexibility index (Phi) is 3.89. The molecule has 0 unspecified atom stereocenters. The third-order valence-electron chi connectivity index (χ3n) is 3.07. The molecule has 7 heteroatoms. The zero-order valence-electron chi connectivity index (χ0n) is 10.9. The summed E-state index contributed by atoms with van der Waals surface area (Å²) in [5, 5.41) is 2.44. The van der Waals surface area contributed by atoms with Gasteiger partial charge in [-0.3, -0.25) is 4.79 Å². The molecule has 0 saturated carbocycles. The molecule has 0 radical (unpaired) electrons. The van der Waals surface area contributed by atoms with Gasteiger partial charge in [0.25, 0.3) is 5.56 Å². The molecule has 0 aliphatic rings. The Morgan fingerprint density at radius 2 is 2.00 bits per heavy atom. The monoisotopic (exact) mass is 340 g/mol. The van der Waals surface area contributed by atoms with Crippen molar-refractivity contribution in [3.05, 3.63) is 45.8 Å². The maximum absolute atomic E-state index is 12.3. The fourth-order valence-electron chi connectivity index (χ4n) is 2.05. The number of thiophene rings is 1. The highest BCUT2D eigenvalue weighted by atomic mass is 35.5. The second kappa shape index (κ2) is 5.67. The van der Waals surface area contributed by atoms with Crippen molar-refractivity contribution in [2.24, 2.45) is 0 Å². The molecule has 3 aromatic rings. The quantitative estimate of drug-likeness (QED) is 0.729. The van der Waals surface area contributed by atoms with Gasteiger partial charge in [-0.2, -0.15) is 0 Å². The largest absolute Gasteiger partial charge is 0.497 e. The van der Waals surface area contributed by atoms with Crippen LogP contribution in [0.25, 0.3) is 21.3 Å². The van der Waals surface area contributed by atoms with Crippen LogP contribution in [0.4, 0.5) is 0 Å². The van der Waals surface area contributed by atoms with Crippen molar-refractivity contribution in [1.82, 2.24) is 9.97 Å². The average molecular weight is 341 g/mol. The molecule has 0 saturated heterocycles. The number of halogens is 2. The fourth-order valence-corrected chi connectivity index (χ4v) is 3.21. The van der Waals surface area contributed by atoms with Crippen LogP contribution >= 0.6 is 34.5 Å². The SMILES string of the molecule is COc1ccc(-c2csc3nc(C(Cl)Cl)[nH]c(=O)c23)cc1. The lowest BCUT2D eigenvalue weighted by molar-refractivity contribution is 0.415. The average Bonchev–Trinajstić information content (AvgIpc) is 2.91. The van der Waals surface area contributed by atoms with E-state index in [4.69, 9.17) is 27.9 Å². The predicted octanol–water partition coefficient (Wildman–Crippen LogP) is 4.14. The summed E-state index contributed by atoms with van der Waals surface area (Å²) in [5.41, 5.74) is 1.52. The van der Waals surface area contributed by atoms with Crippen LogP contribution in [-0.4, -0.2) is 17.1 Å². The topological polar surface area (TPSA) is 55.0 Å². The minimum Gasteiger partial charge on any atom is -0.497 e. The third-order valence-corrected chi connectivity index (χ3v) is 4.36. The van der Waals surface area contributed by atoms with Gasteiger partial charge in [0.1, 0.15) is 16.4 Å². The minimum atomic E-state index is -0.853. The van der Waals surface area contributed by atoms with E-state index in [1.54, 1.807) is 7.11 Å². The normalized spacial score (nSPS) is 11.2. The van der Waals surface area contributed by atoms with Crippen LogP contribution in [-0.2, 0) is 0 Å². The number of hydrogen-bond acceptors (Lipinski definition) is 4. The maximum Gasteiger partial charge on any atom is 0.260 e. The summed E-state index contributed by atoms with van der Waals surface area (Å²) in [5.74, 6) is 1.03. The molecule has 0 spiro atoms. The Labute approximate surface area is 134 Å². The number of hydrogen-bond donors (Lipinski definition) is 1. The molecule has 21 heavy (non-hydrogen) atoms. The maximum atomic E-state index is 12.3. The highest BCUT2D eigenvalue weighted by Crippen LogP contribution is 2.32. The van der Waals surface area contributed by atoms with Gasteiger partial charge in [-0.25, -0.2) is 4.98 Å². The van der Waals surface area contributed by atoms with Crippen molar-refractivity contribution in [2.45, 2.75) is 4.84 Å². The van der Waals surface area contributed by atoms with Crippen LogP contribution in [0.1, 0.15) is 10.7 Å². The van der Waals surface area contributed by atoms with Crippen LogP contribution in [0.2, 0.25) is 0 Å². The highest BCUT2D eigenvalue weighted by Gasteiger charge is 2.15. The number of nitrogens with one attached hydrogen (secondary N) is 1. The Balaban J connectivity index is 2.17. The molecule has 108 valence electrons. The third kappa shape index (κ3) is 2.64. The van der Waals surface area contributed by atoms with Gasteiger partial charge in [-0.1, -0.05) is 35.3 Å². The molecule has 0 atom stereocenters. The number of ether oxygens (including phenoxy) is 1. The molecule has 2 aromatic heterocycles. The Bertz CT molecular complexity index is 840. The lowest BCUT2D eigenvalue weighted by Crippen LogP contribution is -2.11. The fraction of sp³-hybridized carbons (Fsp3) is 0.143. The smallest absolute Gasteiger partial charge is 0.260 e. The lowest BCUT2D eigenvalue weighted by atomic mass is 10.1. The highest BCUT2D eigenvalue weighted by molar-refractivity contribution is 7.17. The first-order chi connectivity index (χ1) is 10.1. The van der Waals surface area contributed by atoms with E-state index in [2.05, 4.69) is 9.97 Å². The van der Waals surface area contributed by atoms with E-state index in [9.17, 15) is 4.79 Å². The number of aromatic nitrogens is 2. The standard InChI is InChI=1S/C14H10Cl2N2O2S/c1-20-8-4-2-7(3-5-8)9-6-21-14-10(9)13(19)17-12(18-14)11(15)16/h2-6,11H,1H3,(H,17,18,19). The van der Waals surface area contributed by atoms with Crippen molar-refractivity contribution in [3.8, 4) is 16.9 Å². The number of fused-ring (bicyclic) bond motifs is 1. The van der Waals surface area contributed by atoms with Crippen LogP contribution in [0.15, 0.2) is 34.4 Å². The molecule has 4 nitrogen and oxygen atoms in total. The predicted molar refractivity (Wildman–Crippen MR) is 86.7 cm³/mol. The van der Waals surface area contributed by atoms with Gasteiger partial charge < -0.3 is 9.72 Å². The number of rotatable bonds is 3. The van der Waals surface area contributed by atoms with E-state index in [1.807, 2.05) is 29.6 Å². The van der Waals surface area contributed by atoms with Crippen molar-refractivity contribution in [1.29, 1.82) is 0 Å². The van der Waals surface area contributed by atoms with E-state index in [0.29, 0.717) is 10.2 Å². The first kappa shape index (κ1) is 14.4. The molecular formula is C14H10Cl2N2O2S. The molecule has 0 bridgehead atoms. The summed E-state index contributed by atoms with van der Waals surface area (Å²) in [6.07, 6.45) is 0. The van der Waals surface area contributed by atoms with Gasteiger partial charge in [0.2, 0.25) is 0 Å². The number of nitrogens with zero attached hydrogens (tertiary/aromatic N) is 1. The van der Waals surface area contributed by atoms with Gasteiger partial charge >= 0.3 is 0 Å². The second-order valence-electron chi connectivity index (χ2n) is 4.31. The molecule has 3 rings (SSSR count). The van der Waals surface area contributed by atoms with Crippen LogP contribution in [0.3, 0.4) is 0 Å². The molecule has 1 aromatic carbocycles. The van der Waals surface area contributed by atoms with Crippen LogP contribution in [0.5, 0.6) is 5.75 Å². The zero-order chi connectivity index (χ0) is 15.0. The number of aromatic amines is 1.